The monoisotopic (exact) mass is 193 g/mol. The lowest BCUT2D eigenvalue weighted by atomic mass is 9.80. The van der Waals surface area contributed by atoms with Crippen LogP contribution in [0, 0.1) is 30.1 Å². The molecule has 0 heterocycles. The third-order valence-electron chi connectivity index (χ3n) is 4.08. The SMILES string of the molecule is C#CCCC(O)C1C2CCC(C2)C1N. The summed E-state index contributed by atoms with van der Waals surface area (Å²) >= 11 is 0. The highest BCUT2D eigenvalue weighted by atomic mass is 16.3. The van der Waals surface area contributed by atoms with Crippen molar-refractivity contribution in [2.75, 3.05) is 0 Å². The maximum atomic E-state index is 10.00. The summed E-state index contributed by atoms with van der Waals surface area (Å²) in [5.41, 5.74) is 6.13. The summed E-state index contributed by atoms with van der Waals surface area (Å²) in [6.45, 7) is 0. The van der Waals surface area contributed by atoms with Crippen LogP contribution in [0.25, 0.3) is 0 Å². The van der Waals surface area contributed by atoms with Crippen LogP contribution in [0.15, 0.2) is 0 Å². The van der Waals surface area contributed by atoms with Gasteiger partial charge in [-0.3, -0.25) is 0 Å². The van der Waals surface area contributed by atoms with Crippen LogP contribution in [0.4, 0.5) is 0 Å². The average molecular weight is 193 g/mol. The molecule has 2 bridgehead atoms. The van der Waals surface area contributed by atoms with Gasteiger partial charge in [0.1, 0.15) is 0 Å². The zero-order valence-corrected chi connectivity index (χ0v) is 8.52. The molecule has 2 nitrogen and oxygen atoms in total. The van der Waals surface area contributed by atoms with E-state index in [1.807, 2.05) is 0 Å². The van der Waals surface area contributed by atoms with E-state index in [1.165, 1.54) is 19.3 Å². The Morgan fingerprint density at radius 2 is 2.14 bits per heavy atom. The molecule has 2 aliphatic rings. The lowest BCUT2D eigenvalue weighted by molar-refractivity contribution is 0.0579. The minimum absolute atomic E-state index is 0.224. The molecule has 0 aliphatic heterocycles. The Hall–Kier alpha value is -0.520. The molecular formula is C12H19NO. The molecule has 14 heavy (non-hydrogen) atoms. The van der Waals surface area contributed by atoms with E-state index in [1.54, 1.807) is 0 Å². The Kier molecular flexibility index (Phi) is 2.80. The van der Waals surface area contributed by atoms with Gasteiger partial charge in [0.05, 0.1) is 6.10 Å². The van der Waals surface area contributed by atoms with Crippen LogP contribution in [0.2, 0.25) is 0 Å². The number of rotatable bonds is 3. The van der Waals surface area contributed by atoms with Crippen molar-refractivity contribution in [1.29, 1.82) is 0 Å². The van der Waals surface area contributed by atoms with Gasteiger partial charge in [0.15, 0.2) is 0 Å². The fraction of sp³-hybridized carbons (Fsp3) is 0.833. The van der Waals surface area contributed by atoms with E-state index in [0.29, 0.717) is 24.2 Å². The molecule has 0 radical (unpaired) electrons. The topological polar surface area (TPSA) is 46.2 Å². The highest BCUT2D eigenvalue weighted by molar-refractivity contribution is 5.02. The van der Waals surface area contributed by atoms with Crippen LogP contribution in [0.3, 0.4) is 0 Å². The van der Waals surface area contributed by atoms with Crippen LogP contribution in [-0.4, -0.2) is 17.3 Å². The van der Waals surface area contributed by atoms with Gasteiger partial charge in [-0.15, -0.1) is 12.3 Å². The zero-order chi connectivity index (χ0) is 10.1. The molecule has 2 aliphatic carbocycles. The Balaban J connectivity index is 1.94. The first kappa shape index (κ1) is 10.0. The third kappa shape index (κ3) is 1.55. The molecule has 0 amide bonds. The van der Waals surface area contributed by atoms with E-state index in [9.17, 15) is 5.11 Å². The standard InChI is InChI=1S/C12H19NO/c1-2-3-4-10(14)11-8-5-6-9(7-8)12(11)13/h1,8-12,14H,3-7,13H2. The molecule has 2 rings (SSSR count). The quantitative estimate of drug-likeness (QED) is 0.660. The van der Waals surface area contributed by atoms with Gasteiger partial charge in [0.2, 0.25) is 0 Å². The van der Waals surface area contributed by atoms with Crippen LogP contribution < -0.4 is 5.73 Å². The first-order valence-electron chi connectivity index (χ1n) is 5.61. The summed E-state index contributed by atoms with van der Waals surface area (Å²) in [7, 11) is 0. The number of aliphatic hydroxyl groups is 1. The van der Waals surface area contributed by atoms with Crippen molar-refractivity contribution in [2.45, 2.75) is 44.2 Å². The van der Waals surface area contributed by atoms with Crippen LogP contribution >= 0.6 is 0 Å². The van der Waals surface area contributed by atoms with Crippen molar-refractivity contribution in [2.24, 2.45) is 23.5 Å². The first-order chi connectivity index (χ1) is 6.74. The normalized spacial score (nSPS) is 42.4. The van der Waals surface area contributed by atoms with Gasteiger partial charge in [-0.1, -0.05) is 0 Å². The smallest absolute Gasteiger partial charge is 0.0595 e. The van der Waals surface area contributed by atoms with Crippen LogP contribution in [0.1, 0.15) is 32.1 Å². The van der Waals surface area contributed by atoms with Crippen LogP contribution in [0.5, 0.6) is 0 Å². The predicted molar refractivity (Wildman–Crippen MR) is 56.4 cm³/mol. The van der Waals surface area contributed by atoms with Gasteiger partial charge < -0.3 is 10.8 Å². The molecule has 5 unspecified atom stereocenters. The van der Waals surface area contributed by atoms with E-state index in [4.69, 9.17) is 12.2 Å². The van der Waals surface area contributed by atoms with E-state index in [2.05, 4.69) is 5.92 Å². The Morgan fingerprint density at radius 1 is 1.43 bits per heavy atom. The molecule has 78 valence electrons. The maximum absolute atomic E-state index is 10.00. The molecule has 0 saturated heterocycles. The second-order valence-corrected chi connectivity index (χ2v) is 4.80. The van der Waals surface area contributed by atoms with Crippen molar-refractivity contribution >= 4 is 0 Å². The number of terminal acetylenes is 1. The summed E-state index contributed by atoms with van der Waals surface area (Å²) < 4.78 is 0. The Bertz CT molecular complexity index is 243. The summed E-state index contributed by atoms with van der Waals surface area (Å²) in [6.07, 6.45) is 10.1. The summed E-state index contributed by atoms with van der Waals surface area (Å²) in [5.74, 6) is 4.24. The zero-order valence-electron chi connectivity index (χ0n) is 8.52. The second kappa shape index (κ2) is 3.92. The number of hydrogen-bond acceptors (Lipinski definition) is 2. The maximum Gasteiger partial charge on any atom is 0.0595 e. The van der Waals surface area contributed by atoms with Crippen molar-refractivity contribution in [3.05, 3.63) is 0 Å². The fourth-order valence-corrected chi connectivity index (χ4v) is 3.37. The summed E-state index contributed by atoms with van der Waals surface area (Å²) in [5, 5.41) is 10.00. The van der Waals surface area contributed by atoms with E-state index in [-0.39, 0.29) is 12.1 Å². The minimum atomic E-state index is -0.267. The lowest BCUT2D eigenvalue weighted by Gasteiger charge is -2.31. The molecular weight excluding hydrogens is 174 g/mol. The number of fused-ring (bicyclic) bond motifs is 2. The summed E-state index contributed by atoms with van der Waals surface area (Å²) in [4.78, 5) is 0. The molecule has 0 spiro atoms. The second-order valence-electron chi connectivity index (χ2n) is 4.80. The Morgan fingerprint density at radius 3 is 2.71 bits per heavy atom. The van der Waals surface area contributed by atoms with E-state index < -0.39 is 0 Å². The summed E-state index contributed by atoms with van der Waals surface area (Å²) in [6, 6.07) is 0.224. The van der Waals surface area contributed by atoms with Gasteiger partial charge in [-0.25, -0.2) is 0 Å². The van der Waals surface area contributed by atoms with Crippen molar-refractivity contribution in [3.8, 4) is 12.3 Å². The van der Waals surface area contributed by atoms with Gasteiger partial charge in [-0.2, -0.15) is 0 Å². The molecule has 0 aromatic heterocycles. The van der Waals surface area contributed by atoms with Crippen molar-refractivity contribution < 1.29 is 5.11 Å². The van der Waals surface area contributed by atoms with Gasteiger partial charge in [-0.05, 0) is 37.5 Å². The lowest BCUT2D eigenvalue weighted by Crippen LogP contribution is -2.42. The molecule has 0 aromatic carbocycles. The van der Waals surface area contributed by atoms with Gasteiger partial charge in [0.25, 0.3) is 0 Å². The largest absolute Gasteiger partial charge is 0.393 e. The fourth-order valence-electron chi connectivity index (χ4n) is 3.37. The Labute approximate surface area is 85.9 Å². The molecule has 2 heteroatoms. The molecule has 2 saturated carbocycles. The van der Waals surface area contributed by atoms with Gasteiger partial charge >= 0.3 is 0 Å². The van der Waals surface area contributed by atoms with Crippen LogP contribution in [-0.2, 0) is 0 Å². The average Bonchev–Trinajstić information content (AvgIpc) is 2.74. The highest BCUT2D eigenvalue weighted by Crippen LogP contribution is 2.49. The predicted octanol–water partition coefficient (Wildman–Crippen LogP) is 1.13. The molecule has 0 aromatic rings. The number of hydrogen-bond donors (Lipinski definition) is 2. The first-order valence-corrected chi connectivity index (χ1v) is 5.61. The van der Waals surface area contributed by atoms with E-state index in [0.717, 1.165) is 6.42 Å². The van der Waals surface area contributed by atoms with E-state index >= 15 is 0 Å². The van der Waals surface area contributed by atoms with Crippen molar-refractivity contribution in [3.63, 3.8) is 0 Å². The minimum Gasteiger partial charge on any atom is -0.393 e. The number of nitrogens with two attached hydrogens (primary N) is 1. The third-order valence-corrected chi connectivity index (χ3v) is 4.08. The molecule has 5 atom stereocenters. The van der Waals surface area contributed by atoms with Crippen molar-refractivity contribution in [1.82, 2.24) is 0 Å². The van der Waals surface area contributed by atoms with Gasteiger partial charge in [0, 0.05) is 18.4 Å². The highest BCUT2D eigenvalue weighted by Gasteiger charge is 2.48. The molecule has 3 N–H and O–H groups in total. The molecule has 2 fully saturated rings. The number of aliphatic hydroxyl groups excluding tert-OH is 1.